The van der Waals surface area contributed by atoms with Gasteiger partial charge in [-0.25, -0.2) is 0 Å². The van der Waals surface area contributed by atoms with Crippen LogP contribution in [0.1, 0.15) is 12.8 Å². The van der Waals surface area contributed by atoms with Crippen molar-refractivity contribution < 1.29 is 8.42 Å². The van der Waals surface area contributed by atoms with Crippen LogP contribution in [0.25, 0.3) is 0 Å². The molecule has 0 amide bonds. The zero-order valence-electron chi connectivity index (χ0n) is 10.5. The van der Waals surface area contributed by atoms with Crippen LogP contribution in [0, 0.1) is 9.49 Å². The molecule has 0 saturated carbocycles. The highest BCUT2D eigenvalue weighted by molar-refractivity contribution is 14.1. The second-order valence-electron chi connectivity index (χ2n) is 4.72. The molecule has 1 aromatic rings. The average Bonchev–Trinajstić information content (AvgIpc) is 2.41. The van der Waals surface area contributed by atoms with Crippen LogP contribution in [0.5, 0.6) is 0 Å². The predicted molar refractivity (Wildman–Crippen MR) is 85.1 cm³/mol. The molecule has 1 heterocycles. The van der Waals surface area contributed by atoms with Gasteiger partial charge in [-0.15, -0.1) is 0 Å². The summed E-state index contributed by atoms with van der Waals surface area (Å²) in [4.78, 5) is 0. The summed E-state index contributed by atoms with van der Waals surface area (Å²) in [6, 6.07) is 7.28. The second-order valence-corrected chi connectivity index (χ2v) is 7.63. The van der Waals surface area contributed by atoms with Gasteiger partial charge in [0.05, 0.1) is 0 Å². The van der Waals surface area contributed by atoms with E-state index in [-0.39, 0.29) is 5.92 Å². The van der Waals surface area contributed by atoms with E-state index < -0.39 is 10.2 Å². The van der Waals surface area contributed by atoms with Gasteiger partial charge in [-0.2, -0.15) is 12.7 Å². The number of hydrogen-bond donors (Lipinski definition) is 2. The lowest BCUT2D eigenvalue weighted by Crippen LogP contribution is -2.44. The van der Waals surface area contributed by atoms with Gasteiger partial charge < -0.3 is 5.73 Å². The molecular weight excluding hydrogens is 377 g/mol. The molecule has 19 heavy (non-hydrogen) atoms. The lowest BCUT2D eigenvalue weighted by molar-refractivity contribution is 0.273. The van der Waals surface area contributed by atoms with Crippen LogP contribution in [-0.2, 0) is 10.2 Å². The van der Waals surface area contributed by atoms with Crippen LogP contribution < -0.4 is 10.5 Å². The fraction of sp³-hybridized carbons (Fsp3) is 0.500. The topological polar surface area (TPSA) is 75.4 Å². The van der Waals surface area contributed by atoms with Gasteiger partial charge in [0, 0.05) is 22.3 Å². The lowest BCUT2D eigenvalue weighted by Gasteiger charge is -2.31. The van der Waals surface area contributed by atoms with E-state index in [1.165, 1.54) is 4.31 Å². The summed E-state index contributed by atoms with van der Waals surface area (Å²) in [5.41, 5.74) is 6.23. The highest BCUT2D eigenvalue weighted by atomic mass is 127. The van der Waals surface area contributed by atoms with Crippen molar-refractivity contribution in [1.29, 1.82) is 0 Å². The Morgan fingerprint density at radius 2 is 2.05 bits per heavy atom. The Morgan fingerprint density at radius 3 is 2.68 bits per heavy atom. The van der Waals surface area contributed by atoms with Crippen molar-refractivity contribution in [1.82, 2.24) is 4.31 Å². The van der Waals surface area contributed by atoms with E-state index in [1.54, 1.807) is 12.1 Å². The first-order valence-corrected chi connectivity index (χ1v) is 8.76. The molecule has 0 radical (unpaired) electrons. The number of nitrogens with zero attached hydrogens (tertiary/aromatic N) is 1. The maximum Gasteiger partial charge on any atom is 0.301 e. The molecule has 1 unspecified atom stereocenters. The highest BCUT2D eigenvalue weighted by Gasteiger charge is 2.28. The largest absolute Gasteiger partial charge is 0.330 e. The van der Waals surface area contributed by atoms with Crippen LogP contribution in [0.15, 0.2) is 24.3 Å². The first-order chi connectivity index (χ1) is 9.01. The van der Waals surface area contributed by atoms with E-state index in [1.807, 2.05) is 12.1 Å². The third kappa shape index (κ3) is 4.04. The third-order valence-electron chi connectivity index (χ3n) is 3.25. The van der Waals surface area contributed by atoms with E-state index in [4.69, 9.17) is 5.73 Å². The molecule has 1 aliphatic heterocycles. The Balaban J connectivity index is 2.07. The fourth-order valence-electron chi connectivity index (χ4n) is 2.17. The minimum Gasteiger partial charge on any atom is -0.330 e. The quantitative estimate of drug-likeness (QED) is 0.761. The van der Waals surface area contributed by atoms with Gasteiger partial charge >= 0.3 is 10.2 Å². The van der Waals surface area contributed by atoms with Crippen LogP contribution in [0.3, 0.4) is 0 Å². The van der Waals surface area contributed by atoms with Gasteiger partial charge in [0.25, 0.3) is 0 Å². The number of benzene rings is 1. The summed E-state index contributed by atoms with van der Waals surface area (Å²) < 4.78 is 29.7. The van der Waals surface area contributed by atoms with Gasteiger partial charge in [-0.05, 0) is 72.2 Å². The van der Waals surface area contributed by atoms with Gasteiger partial charge in [0.1, 0.15) is 0 Å². The molecule has 2 rings (SSSR count). The highest BCUT2D eigenvalue weighted by Crippen LogP contribution is 2.20. The van der Waals surface area contributed by atoms with Crippen LogP contribution >= 0.6 is 22.6 Å². The molecule has 5 nitrogen and oxygen atoms in total. The SMILES string of the molecule is NCC1CCCN(S(=O)(=O)Nc2ccc(I)cc2)C1. The van der Waals surface area contributed by atoms with E-state index in [0.29, 0.717) is 25.3 Å². The van der Waals surface area contributed by atoms with Crippen LogP contribution in [-0.4, -0.2) is 32.4 Å². The molecule has 1 aliphatic rings. The fourth-order valence-corrected chi connectivity index (χ4v) is 3.87. The van der Waals surface area contributed by atoms with E-state index in [9.17, 15) is 8.42 Å². The molecule has 0 aliphatic carbocycles. The van der Waals surface area contributed by atoms with Crippen molar-refractivity contribution in [2.45, 2.75) is 12.8 Å². The Bertz CT molecular complexity index is 518. The van der Waals surface area contributed by atoms with E-state index >= 15 is 0 Å². The van der Waals surface area contributed by atoms with Crippen molar-refractivity contribution in [3.05, 3.63) is 27.8 Å². The monoisotopic (exact) mass is 395 g/mol. The molecule has 0 bridgehead atoms. The Kier molecular flexibility index (Phi) is 5.04. The summed E-state index contributed by atoms with van der Waals surface area (Å²) >= 11 is 2.18. The summed E-state index contributed by atoms with van der Waals surface area (Å²) in [5.74, 6) is 0.266. The zero-order valence-corrected chi connectivity index (χ0v) is 13.5. The smallest absolute Gasteiger partial charge is 0.301 e. The molecule has 1 saturated heterocycles. The Labute approximate surface area is 127 Å². The molecule has 1 aromatic carbocycles. The predicted octanol–water partition coefficient (Wildman–Crippen LogP) is 1.62. The molecule has 0 aromatic heterocycles. The summed E-state index contributed by atoms with van der Waals surface area (Å²) in [6.07, 6.45) is 1.88. The Morgan fingerprint density at radius 1 is 1.37 bits per heavy atom. The number of anilines is 1. The molecule has 1 fully saturated rings. The van der Waals surface area contributed by atoms with Crippen molar-refractivity contribution in [2.75, 3.05) is 24.4 Å². The van der Waals surface area contributed by atoms with Gasteiger partial charge in [-0.3, -0.25) is 4.72 Å². The third-order valence-corrected chi connectivity index (χ3v) is 5.47. The molecule has 1 atom stereocenters. The zero-order chi connectivity index (χ0) is 13.9. The van der Waals surface area contributed by atoms with Crippen LogP contribution in [0.2, 0.25) is 0 Å². The van der Waals surface area contributed by atoms with Gasteiger partial charge in [0.15, 0.2) is 0 Å². The first-order valence-electron chi connectivity index (χ1n) is 6.25. The number of halogens is 1. The van der Waals surface area contributed by atoms with Crippen molar-refractivity contribution in [2.24, 2.45) is 11.7 Å². The summed E-state index contributed by atoms with van der Waals surface area (Å²) in [5, 5.41) is 0. The number of piperidine rings is 1. The molecule has 7 heteroatoms. The number of rotatable bonds is 4. The maximum atomic E-state index is 12.3. The second kappa shape index (κ2) is 6.38. The van der Waals surface area contributed by atoms with E-state index in [0.717, 1.165) is 16.4 Å². The Hall–Kier alpha value is -0.380. The summed E-state index contributed by atoms with van der Waals surface area (Å²) in [7, 11) is -3.47. The lowest BCUT2D eigenvalue weighted by atomic mass is 10.0. The van der Waals surface area contributed by atoms with Gasteiger partial charge in [-0.1, -0.05) is 0 Å². The van der Waals surface area contributed by atoms with E-state index in [2.05, 4.69) is 27.3 Å². The van der Waals surface area contributed by atoms with Gasteiger partial charge in [0.2, 0.25) is 0 Å². The molecule has 0 spiro atoms. The van der Waals surface area contributed by atoms with Crippen LogP contribution in [0.4, 0.5) is 5.69 Å². The molecular formula is C12H18IN3O2S. The molecule has 3 N–H and O–H groups in total. The van der Waals surface area contributed by atoms with Crippen molar-refractivity contribution >= 4 is 38.5 Å². The normalized spacial score (nSPS) is 21.3. The minimum absolute atomic E-state index is 0.266. The number of nitrogens with one attached hydrogen (secondary N) is 1. The first kappa shape index (κ1) is 15.0. The average molecular weight is 395 g/mol. The minimum atomic E-state index is -3.47. The number of hydrogen-bond acceptors (Lipinski definition) is 3. The molecule has 106 valence electrons. The van der Waals surface area contributed by atoms with Crippen molar-refractivity contribution in [3.63, 3.8) is 0 Å². The maximum absolute atomic E-state index is 12.3. The number of nitrogens with two attached hydrogens (primary N) is 1. The summed E-state index contributed by atoms with van der Waals surface area (Å²) in [6.45, 7) is 1.61. The standard InChI is InChI=1S/C12H18IN3O2S/c13-11-3-5-12(6-4-11)15-19(17,18)16-7-1-2-10(8-14)9-16/h3-6,10,15H,1-2,7-9,14H2. The van der Waals surface area contributed by atoms with Crippen molar-refractivity contribution in [3.8, 4) is 0 Å².